The molecule has 48 valence electrons. The van der Waals surface area contributed by atoms with Gasteiger partial charge in [-0.3, -0.25) is 0 Å². The normalized spacial score (nSPS) is 31.1. The molecule has 2 N–H and O–H groups in total. The minimum Gasteiger partial charge on any atom is -0.324 e. The standard InChI is InChI=1S/C6H8N2S/c1-2-5-6(9-3-1)4-7-8-5/h1-3,6-8H,4H2. The molecule has 0 saturated carbocycles. The van der Waals surface area contributed by atoms with E-state index in [1.165, 1.54) is 5.70 Å². The molecule has 0 aromatic heterocycles. The molecule has 0 amide bonds. The molecule has 0 bridgehead atoms. The van der Waals surface area contributed by atoms with Gasteiger partial charge in [-0.15, -0.1) is 11.8 Å². The van der Waals surface area contributed by atoms with Gasteiger partial charge in [-0.05, 0) is 11.5 Å². The second kappa shape index (κ2) is 2.08. The number of thioether (sulfide) groups is 1. The van der Waals surface area contributed by atoms with Crippen LogP contribution in [0.2, 0.25) is 0 Å². The van der Waals surface area contributed by atoms with E-state index in [9.17, 15) is 0 Å². The molecule has 0 aromatic carbocycles. The molecule has 0 aromatic rings. The summed E-state index contributed by atoms with van der Waals surface area (Å²) in [6, 6.07) is 0. The largest absolute Gasteiger partial charge is 0.324 e. The van der Waals surface area contributed by atoms with Crippen molar-refractivity contribution in [1.29, 1.82) is 0 Å². The molecule has 2 aliphatic rings. The van der Waals surface area contributed by atoms with Crippen molar-refractivity contribution in [3.05, 3.63) is 23.3 Å². The summed E-state index contributed by atoms with van der Waals surface area (Å²) in [6.07, 6.45) is 4.18. The molecule has 2 aliphatic heterocycles. The smallest absolute Gasteiger partial charge is 0.0642 e. The second-order valence-corrected chi connectivity index (χ2v) is 3.19. The molecule has 1 fully saturated rings. The highest BCUT2D eigenvalue weighted by Gasteiger charge is 2.20. The predicted molar refractivity (Wildman–Crippen MR) is 39.7 cm³/mol. The van der Waals surface area contributed by atoms with Gasteiger partial charge in [-0.25, -0.2) is 5.43 Å². The Hall–Kier alpha value is -0.410. The number of allylic oxidation sites excluding steroid dienone is 2. The highest BCUT2D eigenvalue weighted by molar-refractivity contribution is 8.03. The fourth-order valence-corrected chi connectivity index (χ4v) is 1.81. The second-order valence-electron chi connectivity index (χ2n) is 2.08. The minimum atomic E-state index is 0.634. The van der Waals surface area contributed by atoms with Gasteiger partial charge in [0.15, 0.2) is 0 Å². The predicted octanol–water partition coefficient (Wildman–Crippen LogP) is 0.607. The quantitative estimate of drug-likeness (QED) is 0.515. The first-order valence-corrected chi connectivity index (χ1v) is 3.92. The van der Waals surface area contributed by atoms with Crippen molar-refractivity contribution in [2.75, 3.05) is 6.54 Å². The van der Waals surface area contributed by atoms with E-state index in [2.05, 4.69) is 28.4 Å². The Morgan fingerprint density at radius 1 is 1.67 bits per heavy atom. The fraction of sp³-hybridized carbons (Fsp3) is 0.333. The molecule has 1 saturated heterocycles. The molecule has 2 nitrogen and oxygen atoms in total. The van der Waals surface area contributed by atoms with Crippen molar-refractivity contribution >= 4 is 11.8 Å². The van der Waals surface area contributed by atoms with Crippen LogP contribution in [0.15, 0.2) is 23.3 Å². The van der Waals surface area contributed by atoms with Crippen LogP contribution < -0.4 is 10.9 Å². The van der Waals surface area contributed by atoms with E-state index in [1.54, 1.807) is 0 Å². The zero-order chi connectivity index (χ0) is 6.10. The summed E-state index contributed by atoms with van der Waals surface area (Å²) in [5.41, 5.74) is 7.49. The molecular weight excluding hydrogens is 132 g/mol. The van der Waals surface area contributed by atoms with Crippen LogP contribution in [-0.4, -0.2) is 11.8 Å². The van der Waals surface area contributed by atoms with Gasteiger partial charge in [0.25, 0.3) is 0 Å². The number of nitrogens with one attached hydrogen (secondary N) is 2. The average molecular weight is 140 g/mol. The van der Waals surface area contributed by atoms with Crippen molar-refractivity contribution in [1.82, 2.24) is 10.9 Å². The molecule has 2 heterocycles. The molecule has 2 rings (SSSR count). The first-order chi connectivity index (χ1) is 4.47. The maximum Gasteiger partial charge on any atom is 0.0642 e. The maximum absolute atomic E-state index is 3.10. The van der Waals surface area contributed by atoms with Crippen LogP contribution in [0.1, 0.15) is 0 Å². The summed E-state index contributed by atoms with van der Waals surface area (Å²) in [5.74, 6) is 0. The monoisotopic (exact) mass is 140 g/mol. The number of hydrogen-bond acceptors (Lipinski definition) is 3. The van der Waals surface area contributed by atoms with Crippen LogP contribution in [0.25, 0.3) is 0 Å². The summed E-state index contributed by atoms with van der Waals surface area (Å²) in [5, 5.41) is 2.76. The van der Waals surface area contributed by atoms with Crippen LogP contribution >= 0.6 is 11.8 Å². The zero-order valence-corrected chi connectivity index (χ0v) is 5.74. The lowest BCUT2D eigenvalue weighted by atomic mass is 10.3. The Labute approximate surface area is 58.4 Å². The molecular formula is C6H8N2S. The average Bonchev–Trinajstić information content (AvgIpc) is 2.33. The third kappa shape index (κ3) is 0.862. The van der Waals surface area contributed by atoms with Crippen LogP contribution in [0.4, 0.5) is 0 Å². The summed E-state index contributed by atoms with van der Waals surface area (Å²) >= 11 is 1.86. The van der Waals surface area contributed by atoms with Gasteiger partial charge in [0.05, 0.1) is 5.25 Å². The third-order valence-electron chi connectivity index (χ3n) is 1.46. The Morgan fingerprint density at radius 3 is 3.56 bits per heavy atom. The third-order valence-corrected chi connectivity index (χ3v) is 2.53. The van der Waals surface area contributed by atoms with Crippen molar-refractivity contribution in [3.8, 4) is 0 Å². The van der Waals surface area contributed by atoms with Gasteiger partial charge in [0.1, 0.15) is 0 Å². The highest BCUT2D eigenvalue weighted by Crippen LogP contribution is 2.24. The topological polar surface area (TPSA) is 24.1 Å². The van der Waals surface area contributed by atoms with Gasteiger partial charge in [0, 0.05) is 12.2 Å². The van der Waals surface area contributed by atoms with Crippen LogP contribution in [-0.2, 0) is 0 Å². The van der Waals surface area contributed by atoms with Crippen molar-refractivity contribution in [2.45, 2.75) is 5.25 Å². The Bertz CT molecular complexity index is 174. The Morgan fingerprint density at radius 2 is 2.67 bits per heavy atom. The lowest BCUT2D eigenvalue weighted by Crippen LogP contribution is -2.20. The van der Waals surface area contributed by atoms with Gasteiger partial charge in [-0.2, -0.15) is 0 Å². The number of hydrogen-bond donors (Lipinski definition) is 2. The summed E-state index contributed by atoms with van der Waals surface area (Å²) in [6.45, 7) is 1.04. The van der Waals surface area contributed by atoms with Crippen LogP contribution in [0, 0.1) is 0 Å². The lowest BCUT2D eigenvalue weighted by Gasteiger charge is -2.08. The first-order valence-electron chi connectivity index (χ1n) is 2.98. The van der Waals surface area contributed by atoms with Crippen molar-refractivity contribution in [2.24, 2.45) is 0 Å². The lowest BCUT2D eigenvalue weighted by molar-refractivity contribution is 0.722. The maximum atomic E-state index is 3.10. The van der Waals surface area contributed by atoms with Gasteiger partial charge in [-0.1, -0.05) is 6.08 Å². The van der Waals surface area contributed by atoms with E-state index in [-0.39, 0.29) is 0 Å². The SMILES string of the molecule is C1=CSC2CNNC2=C1. The Kier molecular flexibility index (Phi) is 1.24. The van der Waals surface area contributed by atoms with Gasteiger partial charge < -0.3 is 5.43 Å². The summed E-state index contributed by atoms with van der Waals surface area (Å²) in [4.78, 5) is 0. The van der Waals surface area contributed by atoms with Crippen molar-refractivity contribution < 1.29 is 0 Å². The zero-order valence-electron chi connectivity index (χ0n) is 4.92. The molecule has 1 atom stereocenters. The van der Waals surface area contributed by atoms with E-state index >= 15 is 0 Å². The van der Waals surface area contributed by atoms with E-state index in [1.807, 2.05) is 11.8 Å². The van der Waals surface area contributed by atoms with E-state index in [0.29, 0.717) is 5.25 Å². The Balaban J connectivity index is 2.23. The van der Waals surface area contributed by atoms with E-state index in [0.717, 1.165) is 6.54 Å². The molecule has 0 aliphatic carbocycles. The number of hydrazine groups is 1. The van der Waals surface area contributed by atoms with Gasteiger partial charge in [0.2, 0.25) is 0 Å². The number of fused-ring (bicyclic) bond motifs is 1. The highest BCUT2D eigenvalue weighted by atomic mass is 32.2. The van der Waals surface area contributed by atoms with E-state index < -0.39 is 0 Å². The molecule has 0 spiro atoms. The van der Waals surface area contributed by atoms with Crippen LogP contribution in [0.3, 0.4) is 0 Å². The number of rotatable bonds is 0. The molecule has 1 unspecified atom stereocenters. The first kappa shape index (κ1) is 5.38. The van der Waals surface area contributed by atoms with Crippen LogP contribution in [0.5, 0.6) is 0 Å². The minimum absolute atomic E-state index is 0.634. The van der Waals surface area contributed by atoms with E-state index in [4.69, 9.17) is 0 Å². The molecule has 9 heavy (non-hydrogen) atoms. The summed E-state index contributed by atoms with van der Waals surface area (Å²) < 4.78 is 0. The molecule has 0 radical (unpaired) electrons. The van der Waals surface area contributed by atoms with Crippen molar-refractivity contribution in [3.63, 3.8) is 0 Å². The van der Waals surface area contributed by atoms with Gasteiger partial charge >= 0.3 is 0 Å². The fourth-order valence-electron chi connectivity index (χ4n) is 0.990. The summed E-state index contributed by atoms with van der Waals surface area (Å²) in [7, 11) is 0. The molecule has 3 heteroatoms.